The Balaban J connectivity index is 1.73. The molecule has 0 aliphatic carbocycles. The predicted octanol–water partition coefficient (Wildman–Crippen LogP) is 3.79. The summed E-state index contributed by atoms with van der Waals surface area (Å²) in [6.07, 6.45) is 0. The van der Waals surface area contributed by atoms with E-state index in [4.69, 9.17) is 9.47 Å². The first kappa shape index (κ1) is 20.6. The lowest BCUT2D eigenvalue weighted by Gasteiger charge is -2.11. The minimum Gasteiger partial charge on any atom is -0.494 e. The highest BCUT2D eigenvalue weighted by Gasteiger charge is 2.09. The van der Waals surface area contributed by atoms with E-state index in [9.17, 15) is 9.59 Å². The smallest absolute Gasteiger partial charge is 0.234 e. The van der Waals surface area contributed by atoms with Gasteiger partial charge < -0.3 is 20.1 Å². The number of hydrogen-bond acceptors (Lipinski definition) is 5. The van der Waals surface area contributed by atoms with E-state index in [1.807, 2.05) is 26.0 Å². The number of anilines is 2. The van der Waals surface area contributed by atoms with Gasteiger partial charge in [-0.2, -0.15) is 0 Å². The molecule has 2 N–H and O–H groups in total. The maximum atomic E-state index is 12.1. The van der Waals surface area contributed by atoms with Crippen molar-refractivity contribution in [2.45, 2.75) is 13.8 Å². The number of para-hydroxylation sites is 2. The number of carbonyl (C=O) groups is 2. The molecule has 2 rings (SSSR count). The molecule has 0 spiro atoms. The highest BCUT2D eigenvalue weighted by molar-refractivity contribution is 8.00. The van der Waals surface area contributed by atoms with Gasteiger partial charge in [-0.3, -0.25) is 9.59 Å². The SMILES string of the molecule is CCOc1ccc(NC(=O)CSCC(=O)Nc2ccccc2OCC)cc1. The van der Waals surface area contributed by atoms with E-state index in [1.54, 1.807) is 36.4 Å². The lowest BCUT2D eigenvalue weighted by molar-refractivity contribution is -0.114. The summed E-state index contributed by atoms with van der Waals surface area (Å²) in [6.45, 7) is 4.92. The van der Waals surface area contributed by atoms with Gasteiger partial charge in [0.1, 0.15) is 11.5 Å². The van der Waals surface area contributed by atoms with Crippen molar-refractivity contribution in [3.8, 4) is 11.5 Å². The lowest BCUT2D eigenvalue weighted by Crippen LogP contribution is -2.18. The minimum atomic E-state index is -0.180. The van der Waals surface area contributed by atoms with Crippen LogP contribution in [0.25, 0.3) is 0 Å². The molecule has 0 atom stereocenters. The third-order valence-corrected chi connectivity index (χ3v) is 4.31. The molecule has 144 valence electrons. The van der Waals surface area contributed by atoms with Gasteiger partial charge in [-0.1, -0.05) is 12.1 Å². The largest absolute Gasteiger partial charge is 0.494 e. The Morgan fingerprint density at radius 1 is 0.852 bits per heavy atom. The van der Waals surface area contributed by atoms with Crippen molar-refractivity contribution in [1.82, 2.24) is 0 Å². The van der Waals surface area contributed by atoms with Crippen molar-refractivity contribution >= 4 is 35.0 Å². The van der Waals surface area contributed by atoms with Crippen molar-refractivity contribution in [3.63, 3.8) is 0 Å². The summed E-state index contributed by atoms with van der Waals surface area (Å²) in [7, 11) is 0. The molecular weight excluding hydrogens is 364 g/mol. The number of thioether (sulfide) groups is 1. The fourth-order valence-corrected chi connectivity index (χ4v) is 2.89. The molecule has 0 heterocycles. The first-order chi connectivity index (χ1) is 13.1. The quantitative estimate of drug-likeness (QED) is 0.647. The van der Waals surface area contributed by atoms with E-state index in [1.165, 1.54) is 11.8 Å². The summed E-state index contributed by atoms with van der Waals surface area (Å²) in [5, 5.41) is 5.60. The Hall–Kier alpha value is -2.67. The van der Waals surface area contributed by atoms with Gasteiger partial charge in [0.25, 0.3) is 0 Å². The monoisotopic (exact) mass is 388 g/mol. The summed E-state index contributed by atoms with van der Waals surface area (Å²) in [6, 6.07) is 14.4. The molecule has 0 saturated heterocycles. The first-order valence-electron chi connectivity index (χ1n) is 8.74. The van der Waals surface area contributed by atoms with Gasteiger partial charge >= 0.3 is 0 Å². The van der Waals surface area contributed by atoms with Crippen LogP contribution < -0.4 is 20.1 Å². The third kappa shape index (κ3) is 7.22. The second kappa shape index (κ2) is 11.1. The van der Waals surface area contributed by atoms with Crippen LogP contribution in [0, 0.1) is 0 Å². The van der Waals surface area contributed by atoms with Crippen LogP contribution in [0.15, 0.2) is 48.5 Å². The minimum absolute atomic E-state index is 0.160. The molecule has 27 heavy (non-hydrogen) atoms. The first-order valence-corrected chi connectivity index (χ1v) is 9.90. The number of nitrogens with one attached hydrogen (secondary N) is 2. The van der Waals surface area contributed by atoms with Crippen molar-refractivity contribution < 1.29 is 19.1 Å². The number of rotatable bonds is 10. The maximum Gasteiger partial charge on any atom is 0.234 e. The second-order valence-electron chi connectivity index (χ2n) is 5.48. The Labute approximate surface area is 163 Å². The lowest BCUT2D eigenvalue weighted by atomic mass is 10.3. The zero-order valence-corrected chi connectivity index (χ0v) is 16.3. The molecule has 2 aromatic rings. The zero-order chi connectivity index (χ0) is 19.5. The van der Waals surface area contributed by atoms with Crippen LogP contribution in [0.5, 0.6) is 11.5 Å². The van der Waals surface area contributed by atoms with Crippen LogP contribution in [0.2, 0.25) is 0 Å². The van der Waals surface area contributed by atoms with Crippen LogP contribution in [-0.2, 0) is 9.59 Å². The second-order valence-corrected chi connectivity index (χ2v) is 6.46. The molecule has 7 heteroatoms. The van der Waals surface area contributed by atoms with Crippen LogP contribution in [0.4, 0.5) is 11.4 Å². The Morgan fingerprint density at radius 3 is 2.15 bits per heavy atom. The van der Waals surface area contributed by atoms with E-state index < -0.39 is 0 Å². The number of ether oxygens (including phenoxy) is 2. The maximum absolute atomic E-state index is 12.1. The molecule has 0 aliphatic rings. The van der Waals surface area contributed by atoms with Crippen molar-refractivity contribution in [3.05, 3.63) is 48.5 Å². The van der Waals surface area contributed by atoms with Gasteiger partial charge in [-0.05, 0) is 50.2 Å². The van der Waals surface area contributed by atoms with E-state index in [0.717, 1.165) is 5.75 Å². The number of carbonyl (C=O) groups excluding carboxylic acids is 2. The van der Waals surface area contributed by atoms with E-state index in [-0.39, 0.29) is 23.3 Å². The molecule has 0 unspecified atom stereocenters. The van der Waals surface area contributed by atoms with Crippen LogP contribution >= 0.6 is 11.8 Å². The number of hydrogen-bond donors (Lipinski definition) is 2. The topological polar surface area (TPSA) is 76.7 Å². The van der Waals surface area contributed by atoms with Gasteiger partial charge in [-0.15, -0.1) is 11.8 Å². The molecular formula is C20H24N2O4S. The van der Waals surface area contributed by atoms with Gasteiger partial charge in [0.15, 0.2) is 0 Å². The molecule has 0 bridgehead atoms. The van der Waals surface area contributed by atoms with Gasteiger partial charge in [0.05, 0.1) is 30.4 Å². The van der Waals surface area contributed by atoms with E-state index in [2.05, 4.69) is 10.6 Å². The molecule has 0 aliphatic heterocycles. The Morgan fingerprint density at radius 2 is 1.48 bits per heavy atom. The van der Waals surface area contributed by atoms with Gasteiger partial charge in [-0.25, -0.2) is 0 Å². The Bertz CT molecular complexity index is 750. The zero-order valence-electron chi connectivity index (χ0n) is 15.5. The standard InChI is InChI=1S/C20H24N2O4S/c1-3-25-16-11-9-15(10-12-16)21-19(23)13-27-14-20(24)22-17-7-5-6-8-18(17)26-4-2/h5-12H,3-4,13-14H2,1-2H3,(H,21,23)(H,22,24). The predicted molar refractivity (Wildman–Crippen MR) is 110 cm³/mol. The van der Waals surface area contributed by atoms with E-state index in [0.29, 0.717) is 30.3 Å². The molecule has 0 saturated carbocycles. The van der Waals surface area contributed by atoms with Crippen molar-refractivity contribution in [2.75, 3.05) is 35.4 Å². The molecule has 0 fully saturated rings. The number of amides is 2. The molecule has 2 aromatic carbocycles. The molecule has 2 amide bonds. The average Bonchev–Trinajstić information content (AvgIpc) is 2.65. The normalized spacial score (nSPS) is 10.1. The highest BCUT2D eigenvalue weighted by Crippen LogP contribution is 2.23. The third-order valence-electron chi connectivity index (χ3n) is 3.38. The van der Waals surface area contributed by atoms with Crippen LogP contribution in [0.3, 0.4) is 0 Å². The fourth-order valence-electron chi connectivity index (χ4n) is 2.27. The molecule has 6 nitrogen and oxygen atoms in total. The van der Waals surface area contributed by atoms with Gasteiger partial charge in [0.2, 0.25) is 11.8 Å². The summed E-state index contributed by atoms with van der Waals surface area (Å²) < 4.78 is 10.8. The average molecular weight is 388 g/mol. The number of benzene rings is 2. The van der Waals surface area contributed by atoms with Gasteiger partial charge in [0, 0.05) is 5.69 Å². The summed E-state index contributed by atoms with van der Waals surface area (Å²) >= 11 is 1.25. The summed E-state index contributed by atoms with van der Waals surface area (Å²) in [5.41, 5.74) is 1.32. The van der Waals surface area contributed by atoms with Crippen molar-refractivity contribution in [1.29, 1.82) is 0 Å². The fraction of sp³-hybridized carbons (Fsp3) is 0.300. The summed E-state index contributed by atoms with van der Waals surface area (Å²) in [4.78, 5) is 24.1. The molecule has 0 aromatic heterocycles. The van der Waals surface area contributed by atoms with E-state index >= 15 is 0 Å². The highest BCUT2D eigenvalue weighted by atomic mass is 32.2. The van der Waals surface area contributed by atoms with Crippen LogP contribution in [0.1, 0.15) is 13.8 Å². The summed E-state index contributed by atoms with van der Waals surface area (Å²) in [5.74, 6) is 1.42. The molecule has 0 radical (unpaired) electrons. The van der Waals surface area contributed by atoms with Crippen molar-refractivity contribution in [2.24, 2.45) is 0 Å². The van der Waals surface area contributed by atoms with Crippen LogP contribution in [-0.4, -0.2) is 36.5 Å². The Kier molecular flexibility index (Phi) is 8.51.